The van der Waals surface area contributed by atoms with Crippen molar-refractivity contribution in [2.24, 2.45) is 0 Å². The third-order valence-corrected chi connectivity index (χ3v) is 5.29. The fourth-order valence-electron chi connectivity index (χ4n) is 3.73. The average Bonchev–Trinajstić information content (AvgIpc) is 3.11. The van der Waals surface area contributed by atoms with E-state index in [9.17, 15) is 9.90 Å². The molecule has 0 aromatic heterocycles. The van der Waals surface area contributed by atoms with Crippen LogP contribution < -0.4 is 14.2 Å². The number of carbonyl (C=O) groups excluding carboxylic acids is 1. The van der Waals surface area contributed by atoms with E-state index in [1.165, 1.54) is 0 Å². The molecule has 1 aromatic carbocycles. The second-order valence-corrected chi connectivity index (χ2v) is 6.76. The van der Waals surface area contributed by atoms with Crippen molar-refractivity contribution in [2.45, 2.75) is 37.4 Å². The molecule has 3 aliphatic rings. The summed E-state index contributed by atoms with van der Waals surface area (Å²) in [4.78, 5) is 14.2. The van der Waals surface area contributed by atoms with Crippen molar-refractivity contribution in [3.8, 4) is 17.2 Å². The fourth-order valence-corrected chi connectivity index (χ4v) is 3.73. The van der Waals surface area contributed by atoms with Gasteiger partial charge in [-0.1, -0.05) is 0 Å². The Bertz CT molecular complexity index is 640. The van der Waals surface area contributed by atoms with Crippen LogP contribution in [0.4, 0.5) is 0 Å². The molecular weight excluding hydrogens is 326 g/mol. The molecule has 0 radical (unpaired) electrons. The molecule has 3 heterocycles. The Morgan fingerprint density at radius 2 is 2.08 bits per heavy atom. The van der Waals surface area contributed by atoms with Crippen LogP contribution in [0.3, 0.4) is 0 Å². The van der Waals surface area contributed by atoms with Gasteiger partial charge in [-0.25, -0.2) is 0 Å². The minimum absolute atomic E-state index is 0.0178. The predicted octanol–water partition coefficient (Wildman–Crippen LogP) is 1.33. The van der Waals surface area contributed by atoms with E-state index in [1.54, 1.807) is 23.1 Å². The first-order chi connectivity index (χ1) is 12.2. The Balaban J connectivity index is 1.29. The maximum absolute atomic E-state index is 12.4. The van der Waals surface area contributed by atoms with Crippen LogP contribution in [0.5, 0.6) is 17.2 Å². The van der Waals surface area contributed by atoms with Gasteiger partial charge in [-0.15, -0.1) is 0 Å². The minimum atomic E-state index is -0.465. The van der Waals surface area contributed by atoms with E-state index in [-0.39, 0.29) is 19.3 Å². The van der Waals surface area contributed by atoms with Gasteiger partial charge >= 0.3 is 0 Å². The molecule has 1 amide bonds. The van der Waals surface area contributed by atoms with Crippen LogP contribution >= 0.6 is 0 Å². The quantitative estimate of drug-likeness (QED) is 0.887. The Labute approximate surface area is 146 Å². The molecule has 2 saturated heterocycles. The number of carbonyl (C=O) groups is 1. The van der Waals surface area contributed by atoms with Crippen LogP contribution in [0.15, 0.2) is 18.2 Å². The normalized spacial score (nSPS) is 24.4. The van der Waals surface area contributed by atoms with Gasteiger partial charge in [-0.2, -0.15) is 0 Å². The summed E-state index contributed by atoms with van der Waals surface area (Å²) in [5.41, 5.74) is -0.465. The smallest absolute Gasteiger partial charge is 0.260 e. The predicted molar refractivity (Wildman–Crippen MR) is 87.8 cm³/mol. The number of rotatable bonds is 3. The molecule has 1 spiro atoms. The van der Waals surface area contributed by atoms with Crippen LogP contribution in [0.2, 0.25) is 0 Å². The Morgan fingerprint density at radius 1 is 1.28 bits per heavy atom. The van der Waals surface area contributed by atoms with Crippen molar-refractivity contribution in [1.29, 1.82) is 0 Å². The van der Waals surface area contributed by atoms with Crippen LogP contribution in [0, 0.1) is 0 Å². The summed E-state index contributed by atoms with van der Waals surface area (Å²) in [5.74, 6) is 1.84. The molecule has 0 bridgehead atoms. The lowest BCUT2D eigenvalue weighted by atomic mass is 9.82. The summed E-state index contributed by atoms with van der Waals surface area (Å²) in [7, 11) is 0. The number of hydrogen-bond donors (Lipinski definition) is 1. The number of likely N-dealkylation sites (tertiary alicyclic amines) is 1. The Hall–Kier alpha value is -1.99. The number of ether oxygens (including phenoxy) is 4. The van der Waals surface area contributed by atoms with E-state index in [2.05, 4.69) is 0 Å². The molecule has 7 nitrogen and oxygen atoms in total. The molecule has 0 saturated carbocycles. The number of hydrogen-bond acceptors (Lipinski definition) is 6. The van der Waals surface area contributed by atoms with Gasteiger partial charge in [0.15, 0.2) is 18.1 Å². The molecule has 1 atom stereocenters. The highest BCUT2D eigenvalue weighted by Crippen LogP contribution is 2.36. The van der Waals surface area contributed by atoms with Gasteiger partial charge in [0.2, 0.25) is 6.79 Å². The number of amides is 1. The largest absolute Gasteiger partial charge is 0.484 e. The third kappa shape index (κ3) is 3.26. The van der Waals surface area contributed by atoms with E-state index < -0.39 is 11.7 Å². The molecule has 25 heavy (non-hydrogen) atoms. The van der Waals surface area contributed by atoms with Gasteiger partial charge in [0.1, 0.15) is 5.75 Å². The monoisotopic (exact) mass is 349 g/mol. The lowest BCUT2D eigenvalue weighted by Crippen LogP contribution is -2.56. The van der Waals surface area contributed by atoms with E-state index in [4.69, 9.17) is 18.9 Å². The van der Waals surface area contributed by atoms with E-state index in [1.807, 2.05) is 0 Å². The molecule has 136 valence electrons. The number of aliphatic hydroxyl groups excluding tert-OH is 1. The van der Waals surface area contributed by atoms with Gasteiger partial charge in [0.05, 0.1) is 11.7 Å². The summed E-state index contributed by atoms with van der Waals surface area (Å²) in [6, 6.07) is 5.26. The van der Waals surface area contributed by atoms with E-state index in [0.29, 0.717) is 49.8 Å². The van der Waals surface area contributed by atoms with Gasteiger partial charge in [0.25, 0.3) is 5.91 Å². The number of nitrogens with zero attached hydrogens (tertiary/aromatic N) is 1. The molecular formula is C18H23NO6. The molecule has 1 unspecified atom stereocenters. The zero-order chi connectivity index (χ0) is 17.3. The number of aliphatic hydroxyl groups is 1. The fraction of sp³-hybridized carbons (Fsp3) is 0.611. The van der Waals surface area contributed by atoms with Gasteiger partial charge in [-0.05, 0) is 37.8 Å². The first kappa shape index (κ1) is 16.5. The minimum Gasteiger partial charge on any atom is -0.484 e. The molecule has 1 aromatic rings. The van der Waals surface area contributed by atoms with Crippen molar-refractivity contribution in [3.63, 3.8) is 0 Å². The van der Waals surface area contributed by atoms with Crippen LogP contribution in [0.1, 0.15) is 25.7 Å². The first-order valence-electron chi connectivity index (χ1n) is 8.79. The van der Waals surface area contributed by atoms with Crippen molar-refractivity contribution in [2.75, 3.05) is 33.1 Å². The highest BCUT2D eigenvalue weighted by molar-refractivity contribution is 5.78. The Kier molecular flexibility index (Phi) is 4.43. The van der Waals surface area contributed by atoms with Crippen molar-refractivity contribution in [3.05, 3.63) is 18.2 Å². The zero-order valence-electron chi connectivity index (χ0n) is 14.1. The third-order valence-electron chi connectivity index (χ3n) is 5.29. The zero-order valence-corrected chi connectivity index (χ0v) is 14.1. The first-order valence-corrected chi connectivity index (χ1v) is 8.79. The van der Waals surface area contributed by atoms with Crippen LogP contribution in [-0.2, 0) is 9.53 Å². The number of fused-ring (bicyclic) bond motifs is 1. The van der Waals surface area contributed by atoms with Crippen molar-refractivity contribution in [1.82, 2.24) is 4.90 Å². The molecule has 0 aliphatic carbocycles. The lowest BCUT2D eigenvalue weighted by molar-refractivity contribution is -0.180. The summed E-state index contributed by atoms with van der Waals surface area (Å²) < 4.78 is 22.0. The number of benzene rings is 1. The van der Waals surface area contributed by atoms with Crippen LogP contribution in [-0.4, -0.2) is 60.7 Å². The van der Waals surface area contributed by atoms with E-state index in [0.717, 1.165) is 12.8 Å². The maximum atomic E-state index is 12.4. The highest BCUT2D eigenvalue weighted by atomic mass is 16.7. The average molecular weight is 349 g/mol. The summed E-state index contributed by atoms with van der Waals surface area (Å²) in [6.45, 7) is 2.05. The SMILES string of the molecule is O=C(COc1ccc2c(c1)OCO2)N1CCC2(CC1)OCCCC2O. The molecule has 7 heteroatoms. The second-order valence-electron chi connectivity index (χ2n) is 6.76. The second kappa shape index (κ2) is 6.72. The number of piperidine rings is 1. The van der Waals surface area contributed by atoms with Crippen molar-refractivity contribution >= 4 is 5.91 Å². The summed E-state index contributed by atoms with van der Waals surface area (Å²) >= 11 is 0. The molecule has 4 rings (SSSR count). The highest BCUT2D eigenvalue weighted by Gasteiger charge is 2.44. The topological polar surface area (TPSA) is 77.5 Å². The molecule has 2 fully saturated rings. The Morgan fingerprint density at radius 3 is 2.88 bits per heavy atom. The summed E-state index contributed by atoms with van der Waals surface area (Å²) in [6.07, 6.45) is 2.59. The van der Waals surface area contributed by atoms with Crippen molar-refractivity contribution < 1.29 is 28.8 Å². The van der Waals surface area contributed by atoms with Gasteiger partial charge in [-0.3, -0.25) is 4.79 Å². The molecule has 1 N–H and O–H groups in total. The molecule has 3 aliphatic heterocycles. The maximum Gasteiger partial charge on any atom is 0.260 e. The van der Waals surface area contributed by atoms with Crippen LogP contribution in [0.25, 0.3) is 0 Å². The van der Waals surface area contributed by atoms with Gasteiger partial charge in [0, 0.05) is 25.8 Å². The van der Waals surface area contributed by atoms with Gasteiger partial charge < -0.3 is 29.0 Å². The van der Waals surface area contributed by atoms with E-state index >= 15 is 0 Å². The lowest BCUT2D eigenvalue weighted by Gasteiger charge is -2.46. The standard InChI is InChI=1S/C18H23NO6/c20-16-2-1-9-25-18(16)5-7-19(8-6-18)17(21)11-22-13-3-4-14-15(10-13)24-12-23-14/h3-4,10,16,20H,1-2,5-9,11-12H2. The summed E-state index contributed by atoms with van der Waals surface area (Å²) in [5, 5.41) is 10.3.